The Bertz CT molecular complexity index is 1200. The fraction of sp³-hybridized carbons (Fsp3) is 0.100. The summed E-state index contributed by atoms with van der Waals surface area (Å²) in [6, 6.07) is 12.8. The zero-order chi connectivity index (χ0) is 21.2. The Balaban J connectivity index is 1.91. The summed E-state index contributed by atoms with van der Waals surface area (Å²) in [5.74, 6) is -0.206. The molecule has 29 heavy (non-hydrogen) atoms. The maximum Gasteiger partial charge on any atom is 0.261 e. The second kappa shape index (κ2) is 8.52. The number of carbonyl (C=O) groups excluding carboxylic acids is 1. The number of rotatable bonds is 5. The molecule has 1 heterocycles. The van der Waals surface area contributed by atoms with Crippen molar-refractivity contribution in [3.63, 3.8) is 0 Å². The summed E-state index contributed by atoms with van der Waals surface area (Å²) < 4.78 is 28.8. The van der Waals surface area contributed by atoms with Crippen LogP contribution in [0, 0.1) is 13.8 Å². The third kappa shape index (κ3) is 5.14. The van der Waals surface area contributed by atoms with Crippen molar-refractivity contribution in [3.05, 3.63) is 80.9 Å². The van der Waals surface area contributed by atoms with Gasteiger partial charge in [0.1, 0.15) is 5.82 Å². The Labute approximate surface area is 182 Å². The van der Waals surface area contributed by atoms with Gasteiger partial charge in [0.2, 0.25) is 0 Å². The van der Waals surface area contributed by atoms with Crippen molar-refractivity contribution in [1.82, 2.24) is 4.98 Å². The minimum absolute atomic E-state index is 0.0288. The fourth-order valence-corrected chi connectivity index (χ4v) is 4.33. The number of aryl methyl sites for hydroxylation is 2. The van der Waals surface area contributed by atoms with Gasteiger partial charge in [-0.2, -0.15) is 0 Å². The van der Waals surface area contributed by atoms with Crippen molar-refractivity contribution in [2.75, 3.05) is 10.0 Å². The average molecular weight is 495 g/mol. The predicted molar refractivity (Wildman–Crippen MR) is 118 cm³/mol. The molecular formula is C20H17BrClN3O3S. The molecule has 2 N–H and O–H groups in total. The van der Waals surface area contributed by atoms with Crippen LogP contribution in [0.4, 0.5) is 11.5 Å². The van der Waals surface area contributed by atoms with Crippen LogP contribution in [0.15, 0.2) is 64.1 Å². The topological polar surface area (TPSA) is 88.2 Å². The molecule has 3 rings (SSSR count). The van der Waals surface area contributed by atoms with Crippen LogP contribution in [0.25, 0.3) is 0 Å². The third-order valence-corrected chi connectivity index (χ3v) is 6.40. The van der Waals surface area contributed by atoms with E-state index in [1.807, 2.05) is 19.9 Å². The highest BCUT2D eigenvalue weighted by Crippen LogP contribution is 2.28. The lowest BCUT2D eigenvalue weighted by atomic mass is 10.2. The van der Waals surface area contributed by atoms with Crippen molar-refractivity contribution < 1.29 is 13.2 Å². The number of hydrogen-bond donors (Lipinski definition) is 2. The number of anilines is 2. The molecule has 0 aliphatic rings. The van der Waals surface area contributed by atoms with E-state index in [-0.39, 0.29) is 15.5 Å². The number of halogens is 2. The van der Waals surface area contributed by atoms with E-state index >= 15 is 0 Å². The molecule has 0 saturated carbocycles. The van der Waals surface area contributed by atoms with Crippen LogP contribution in [0.1, 0.15) is 21.5 Å². The maximum absolute atomic E-state index is 12.8. The van der Waals surface area contributed by atoms with E-state index in [2.05, 4.69) is 31.0 Å². The highest BCUT2D eigenvalue weighted by Gasteiger charge is 2.20. The first-order valence-corrected chi connectivity index (χ1v) is 11.1. The molecule has 150 valence electrons. The van der Waals surface area contributed by atoms with Crippen LogP contribution in [-0.4, -0.2) is 19.3 Å². The van der Waals surface area contributed by atoms with E-state index in [1.165, 1.54) is 18.2 Å². The molecule has 1 amide bonds. The number of carbonyl (C=O) groups is 1. The first-order chi connectivity index (χ1) is 13.7. The Morgan fingerprint density at radius 3 is 2.48 bits per heavy atom. The largest absolute Gasteiger partial charge is 0.307 e. The van der Waals surface area contributed by atoms with Gasteiger partial charge in [-0.15, -0.1) is 0 Å². The molecule has 2 aromatic carbocycles. The van der Waals surface area contributed by atoms with Gasteiger partial charge < -0.3 is 5.32 Å². The van der Waals surface area contributed by atoms with E-state index in [9.17, 15) is 13.2 Å². The maximum atomic E-state index is 12.8. The predicted octanol–water partition coefficient (Wildman–Crippen LogP) is 5.17. The summed E-state index contributed by atoms with van der Waals surface area (Å²) in [6.07, 6.45) is 1.57. The van der Waals surface area contributed by atoms with Crippen molar-refractivity contribution in [3.8, 4) is 0 Å². The number of hydrogen-bond acceptors (Lipinski definition) is 4. The number of aromatic nitrogens is 1. The molecule has 1 aromatic heterocycles. The van der Waals surface area contributed by atoms with Crippen LogP contribution in [0.3, 0.4) is 0 Å². The number of nitrogens with one attached hydrogen (secondary N) is 2. The molecular weight excluding hydrogens is 478 g/mol. The van der Waals surface area contributed by atoms with Crippen molar-refractivity contribution in [2.24, 2.45) is 0 Å². The second-order valence-electron chi connectivity index (χ2n) is 6.40. The molecule has 0 radical (unpaired) electrons. The molecule has 0 fully saturated rings. The molecule has 0 unspecified atom stereocenters. The molecule has 0 atom stereocenters. The molecule has 0 saturated heterocycles. The van der Waals surface area contributed by atoms with Crippen LogP contribution in [-0.2, 0) is 10.0 Å². The number of pyridine rings is 1. The first-order valence-electron chi connectivity index (χ1n) is 8.48. The second-order valence-corrected chi connectivity index (χ2v) is 9.35. The van der Waals surface area contributed by atoms with Gasteiger partial charge in [-0.3, -0.25) is 9.52 Å². The van der Waals surface area contributed by atoms with Crippen LogP contribution in [0.2, 0.25) is 5.02 Å². The van der Waals surface area contributed by atoms with Gasteiger partial charge in [-0.05, 0) is 83.4 Å². The standard InChI is InChI=1S/C20H17BrClN3O3S/c1-12-3-5-16(21)18(9-12)25-29(27,28)14-4-6-17(22)15(11-14)20(26)24-19-10-13(2)7-8-23-19/h3-11,25H,1-2H3,(H,23,24,26). The van der Waals surface area contributed by atoms with E-state index < -0.39 is 15.9 Å². The number of amides is 1. The minimum atomic E-state index is -3.94. The summed E-state index contributed by atoms with van der Waals surface area (Å²) in [5, 5.41) is 2.76. The summed E-state index contributed by atoms with van der Waals surface area (Å²) in [7, 11) is -3.94. The first kappa shape index (κ1) is 21.3. The number of sulfonamides is 1. The zero-order valence-electron chi connectivity index (χ0n) is 15.5. The van der Waals surface area contributed by atoms with Gasteiger partial charge >= 0.3 is 0 Å². The lowest BCUT2D eigenvalue weighted by Gasteiger charge is -2.12. The van der Waals surface area contributed by atoms with Crippen molar-refractivity contribution in [1.29, 1.82) is 0 Å². The normalized spacial score (nSPS) is 11.2. The highest BCUT2D eigenvalue weighted by molar-refractivity contribution is 9.10. The Morgan fingerprint density at radius 2 is 1.76 bits per heavy atom. The van der Waals surface area contributed by atoms with Crippen LogP contribution >= 0.6 is 27.5 Å². The molecule has 9 heteroatoms. The summed E-state index contributed by atoms with van der Waals surface area (Å²) in [5.41, 5.74) is 2.24. The number of benzene rings is 2. The smallest absolute Gasteiger partial charge is 0.261 e. The monoisotopic (exact) mass is 493 g/mol. The molecule has 0 spiro atoms. The van der Waals surface area contributed by atoms with Gasteiger partial charge in [0, 0.05) is 10.7 Å². The minimum Gasteiger partial charge on any atom is -0.307 e. The lowest BCUT2D eigenvalue weighted by molar-refractivity contribution is 0.102. The lowest BCUT2D eigenvalue weighted by Crippen LogP contribution is -2.17. The molecule has 0 aliphatic heterocycles. The summed E-state index contributed by atoms with van der Waals surface area (Å²) >= 11 is 9.47. The Kier molecular flexibility index (Phi) is 6.26. The third-order valence-electron chi connectivity index (χ3n) is 4.02. The van der Waals surface area contributed by atoms with Crippen LogP contribution in [0.5, 0.6) is 0 Å². The van der Waals surface area contributed by atoms with Crippen molar-refractivity contribution >= 4 is 55.0 Å². The summed E-state index contributed by atoms with van der Waals surface area (Å²) in [4.78, 5) is 16.6. The Morgan fingerprint density at radius 1 is 1.03 bits per heavy atom. The molecule has 3 aromatic rings. The van der Waals surface area contributed by atoms with E-state index in [4.69, 9.17) is 11.6 Å². The van der Waals surface area contributed by atoms with Crippen LogP contribution < -0.4 is 10.0 Å². The zero-order valence-corrected chi connectivity index (χ0v) is 18.7. The SMILES string of the molecule is Cc1ccnc(NC(=O)c2cc(S(=O)(=O)Nc3cc(C)ccc3Br)ccc2Cl)c1. The van der Waals surface area contributed by atoms with Gasteiger partial charge in [0.25, 0.3) is 15.9 Å². The average Bonchev–Trinajstić information content (AvgIpc) is 2.64. The van der Waals surface area contributed by atoms with Gasteiger partial charge in [0.05, 0.1) is 21.2 Å². The van der Waals surface area contributed by atoms with Crippen molar-refractivity contribution in [2.45, 2.75) is 18.7 Å². The molecule has 0 bridgehead atoms. The van der Waals surface area contributed by atoms with E-state index in [0.717, 1.165) is 11.1 Å². The Hall–Kier alpha value is -2.42. The fourth-order valence-electron chi connectivity index (χ4n) is 2.55. The highest BCUT2D eigenvalue weighted by atomic mass is 79.9. The summed E-state index contributed by atoms with van der Waals surface area (Å²) in [6.45, 7) is 3.72. The molecule has 0 aliphatic carbocycles. The number of nitrogens with zero attached hydrogens (tertiary/aromatic N) is 1. The quantitative estimate of drug-likeness (QED) is 0.512. The van der Waals surface area contributed by atoms with E-state index in [1.54, 1.807) is 30.5 Å². The van der Waals surface area contributed by atoms with Gasteiger partial charge in [-0.25, -0.2) is 13.4 Å². The van der Waals surface area contributed by atoms with Gasteiger partial charge in [-0.1, -0.05) is 17.7 Å². The van der Waals surface area contributed by atoms with E-state index in [0.29, 0.717) is 16.0 Å². The molecule has 6 nitrogen and oxygen atoms in total. The van der Waals surface area contributed by atoms with Gasteiger partial charge in [0.15, 0.2) is 0 Å².